The average molecular weight is 829 g/mol. The molecule has 320 valence electrons. The highest BCUT2D eigenvalue weighted by Crippen LogP contribution is 2.40. The SMILES string of the molecule is CN(C(=O)N1CCC(Oc2cccc(N3[C@@H]4CC[C@H]3CN(c3cc(-c5ccccc5O)nnc3N)C4)c2)CC1)C1CCN(c2cccc(N(C)C3CCC(=O)NC3=O)c2)CC1. The Morgan fingerprint density at radius 2 is 1.52 bits per heavy atom. The highest BCUT2D eigenvalue weighted by Gasteiger charge is 2.41. The van der Waals surface area contributed by atoms with E-state index in [0.29, 0.717) is 55.1 Å². The number of aromatic nitrogens is 2. The van der Waals surface area contributed by atoms with Gasteiger partial charge in [0.1, 0.15) is 23.6 Å². The van der Waals surface area contributed by atoms with Crippen molar-refractivity contribution in [2.45, 2.75) is 81.6 Å². The molecule has 0 aliphatic carbocycles. The Hall–Kier alpha value is -6.25. The number of aromatic hydroxyl groups is 1. The van der Waals surface area contributed by atoms with E-state index in [0.717, 1.165) is 93.2 Å². The summed E-state index contributed by atoms with van der Waals surface area (Å²) in [6, 6.07) is 26.3. The van der Waals surface area contributed by atoms with Crippen molar-refractivity contribution >= 4 is 46.4 Å². The molecule has 5 aliphatic rings. The summed E-state index contributed by atoms with van der Waals surface area (Å²) in [6.07, 6.45) is 6.35. The van der Waals surface area contributed by atoms with Crippen LogP contribution in [0, 0.1) is 0 Å². The van der Waals surface area contributed by atoms with Crippen LogP contribution < -0.4 is 35.4 Å². The van der Waals surface area contributed by atoms with E-state index in [1.54, 1.807) is 12.1 Å². The summed E-state index contributed by atoms with van der Waals surface area (Å²) in [6.45, 7) is 4.58. The first-order chi connectivity index (χ1) is 29.6. The van der Waals surface area contributed by atoms with Crippen LogP contribution in [0.3, 0.4) is 0 Å². The number of likely N-dealkylation sites (N-methyl/N-ethyl adjacent to an activating group) is 1. The number of likely N-dealkylation sites (tertiary alicyclic amines) is 1. The lowest BCUT2D eigenvalue weighted by Crippen LogP contribution is -2.54. The van der Waals surface area contributed by atoms with Gasteiger partial charge < -0.3 is 45.0 Å². The lowest BCUT2D eigenvalue weighted by Gasteiger charge is -2.43. The van der Waals surface area contributed by atoms with Crippen molar-refractivity contribution in [1.82, 2.24) is 25.3 Å². The van der Waals surface area contributed by atoms with Crippen molar-refractivity contribution in [1.29, 1.82) is 0 Å². The predicted octanol–water partition coefficient (Wildman–Crippen LogP) is 5.09. The number of benzene rings is 3. The third-order valence-corrected chi connectivity index (χ3v) is 13.5. The maximum absolute atomic E-state index is 13.8. The van der Waals surface area contributed by atoms with Gasteiger partial charge in [-0.05, 0) is 80.6 Å². The Morgan fingerprint density at radius 1 is 0.803 bits per heavy atom. The Balaban J connectivity index is 0.754. The van der Waals surface area contributed by atoms with Gasteiger partial charge in [0.05, 0.1) is 11.4 Å². The monoisotopic (exact) mass is 828 g/mol. The number of fused-ring (bicyclic) bond motifs is 2. The number of imide groups is 1. The number of anilines is 5. The van der Waals surface area contributed by atoms with Gasteiger partial charge in [0.2, 0.25) is 11.8 Å². The van der Waals surface area contributed by atoms with Gasteiger partial charge in [-0.25, -0.2) is 4.79 Å². The normalized spacial score (nSPS) is 22.3. The van der Waals surface area contributed by atoms with Crippen LogP contribution in [0.2, 0.25) is 0 Å². The minimum atomic E-state index is -0.373. The second-order valence-electron chi connectivity index (χ2n) is 17.2. The first kappa shape index (κ1) is 40.2. The van der Waals surface area contributed by atoms with Gasteiger partial charge in [0, 0.05) is 119 Å². The molecule has 0 spiro atoms. The molecule has 1 unspecified atom stereocenters. The molecule has 5 saturated heterocycles. The molecule has 5 aliphatic heterocycles. The second kappa shape index (κ2) is 17.0. The number of carbonyl (C=O) groups is 3. The maximum Gasteiger partial charge on any atom is 0.319 e. The van der Waals surface area contributed by atoms with Crippen LogP contribution in [0.5, 0.6) is 11.5 Å². The molecule has 61 heavy (non-hydrogen) atoms. The molecule has 0 saturated carbocycles. The van der Waals surface area contributed by atoms with E-state index in [4.69, 9.17) is 10.5 Å². The summed E-state index contributed by atoms with van der Waals surface area (Å²) < 4.78 is 6.59. The fraction of sp³-hybridized carbons (Fsp3) is 0.457. The summed E-state index contributed by atoms with van der Waals surface area (Å²) in [5, 5.41) is 21.4. The lowest BCUT2D eigenvalue weighted by atomic mass is 10.0. The predicted molar refractivity (Wildman–Crippen MR) is 236 cm³/mol. The number of para-hydroxylation sites is 1. The average Bonchev–Trinajstić information content (AvgIpc) is 3.55. The number of amides is 4. The van der Waals surface area contributed by atoms with Crippen LogP contribution in [-0.4, -0.2) is 127 Å². The molecule has 15 heteroatoms. The van der Waals surface area contributed by atoms with Crippen LogP contribution in [-0.2, 0) is 9.59 Å². The van der Waals surface area contributed by atoms with Gasteiger partial charge in [-0.15, -0.1) is 10.2 Å². The van der Waals surface area contributed by atoms with Crippen LogP contribution in [0.25, 0.3) is 11.3 Å². The molecule has 5 fully saturated rings. The number of piperazine rings is 1. The number of hydrogen-bond acceptors (Lipinski definition) is 12. The van der Waals surface area contributed by atoms with E-state index < -0.39 is 0 Å². The van der Waals surface area contributed by atoms with Crippen LogP contribution in [0.4, 0.5) is 33.4 Å². The number of phenols is 1. The van der Waals surface area contributed by atoms with Crippen LogP contribution in [0.15, 0.2) is 78.9 Å². The first-order valence-electron chi connectivity index (χ1n) is 21.7. The van der Waals surface area contributed by atoms with Crippen LogP contribution >= 0.6 is 0 Å². The molecule has 3 atom stereocenters. The van der Waals surface area contributed by atoms with Crippen molar-refractivity contribution < 1.29 is 24.2 Å². The fourth-order valence-electron chi connectivity index (χ4n) is 10.1. The topological polar surface area (TPSA) is 164 Å². The third-order valence-electron chi connectivity index (χ3n) is 13.5. The van der Waals surface area contributed by atoms with Crippen LogP contribution in [0.1, 0.15) is 51.4 Å². The van der Waals surface area contributed by atoms with Crippen molar-refractivity contribution in [2.75, 3.05) is 78.7 Å². The lowest BCUT2D eigenvalue weighted by molar-refractivity contribution is -0.134. The summed E-state index contributed by atoms with van der Waals surface area (Å²) in [4.78, 5) is 51.0. The highest BCUT2D eigenvalue weighted by molar-refractivity contribution is 6.01. The third kappa shape index (κ3) is 8.29. The number of carbonyl (C=O) groups excluding carboxylic acids is 3. The molecule has 6 heterocycles. The van der Waals surface area contributed by atoms with E-state index in [2.05, 4.69) is 60.5 Å². The van der Waals surface area contributed by atoms with Crippen molar-refractivity contribution in [3.05, 3.63) is 78.9 Å². The molecule has 2 bridgehead atoms. The van der Waals surface area contributed by atoms with Gasteiger partial charge in [-0.3, -0.25) is 14.9 Å². The molecular weight excluding hydrogens is 773 g/mol. The fourth-order valence-corrected chi connectivity index (χ4v) is 10.1. The number of urea groups is 1. The second-order valence-corrected chi connectivity index (χ2v) is 17.2. The van der Waals surface area contributed by atoms with Crippen molar-refractivity contribution in [3.63, 3.8) is 0 Å². The minimum absolute atomic E-state index is 0.0339. The Morgan fingerprint density at radius 3 is 2.26 bits per heavy atom. The molecule has 9 rings (SSSR count). The quantitative estimate of drug-likeness (QED) is 0.192. The van der Waals surface area contributed by atoms with E-state index in [9.17, 15) is 19.5 Å². The number of phenolic OH excluding ortho intramolecular Hbond substituents is 1. The van der Waals surface area contributed by atoms with Gasteiger partial charge >= 0.3 is 6.03 Å². The standard InChI is InChI=1S/C46H56N10O5/c1-51(40-15-16-43(58)48-45(40)59)31-7-5-8-32(25-31)53-21-17-30(18-22-53)52(2)46(60)54-23-19-36(20-24-54)61-37-10-6-9-33(26-37)56-34-13-14-35(56)29-55(28-34)41-27-39(49-50-44(41)47)38-11-3-4-12-42(38)57/h3-12,25-27,30,34-36,40,57H,13-24,28-29H2,1-2H3,(H2,47,50)(H,48,58,59)/t34-,35+,40?. The molecule has 4 aromatic rings. The Labute approximate surface area is 357 Å². The summed E-state index contributed by atoms with van der Waals surface area (Å²) in [7, 11) is 3.85. The number of piperidine rings is 3. The molecule has 1 aromatic heterocycles. The smallest absolute Gasteiger partial charge is 0.319 e. The number of nitrogens with two attached hydrogens (primary N) is 1. The Bertz CT molecular complexity index is 2250. The zero-order valence-electron chi connectivity index (χ0n) is 35.0. The molecule has 4 amide bonds. The Kier molecular flexibility index (Phi) is 11.2. The van der Waals surface area contributed by atoms with Gasteiger partial charge in [0.15, 0.2) is 5.82 Å². The zero-order chi connectivity index (χ0) is 42.2. The van der Waals surface area contributed by atoms with E-state index in [1.165, 1.54) is 0 Å². The number of nitrogen functional groups attached to an aromatic ring is 1. The zero-order valence-corrected chi connectivity index (χ0v) is 35.0. The number of hydrogen-bond donors (Lipinski definition) is 3. The first-order valence-corrected chi connectivity index (χ1v) is 21.7. The van der Waals surface area contributed by atoms with E-state index in [1.807, 2.05) is 65.2 Å². The van der Waals surface area contributed by atoms with Gasteiger partial charge in [0.25, 0.3) is 0 Å². The molecule has 4 N–H and O–H groups in total. The molecule has 15 nitrogen and oxygen atoms in total. The highest BCUT2D eigenvalue weighted by atomic mass is 16.5. The number of ether oxygens (including phenoxy) is 1. The van der Waals surface area contributed by atoms with Gasteiger partial charge in [-0.1, -0.05) is 24.3 Å². The largest absolute Gasteiger partial charge is 0.507 e. The summed E-state index contributed by atoms with van der Waals surface area (Å²) >= 11 is 0. The summed E-state index contributed by atoms with van der Waals surface area (Å²) in [5.41, 5.74) is 11.7. The maximum atomic E-state index is 13.8. The van der Waals surface area contributed by atoms with E-state index in [-0.39, 0.29) is 41.8 Å². The van der Waals surface area contributed by atoms with Crippen molar-refractivity contribution in [2.24, 2.45) is 0 Å². The number of nitrogens with one attached hydrogen (secondary N) is 1. The number of rotatable bonds is 9. The number of nitrogens with zero attached hydrogens (tertiary/aromatic N) is 8. The van der Waals surface area contributed by atoms with Crippen molar-refractivity contribution in [3.8, 4) is 22.8 Å². The molecular formula is C46H56N10O5. The minimum Gasteiger partial charge on any atom is -0.507 e. The van der Waals surface area contributed by atoms with Gasteiger partial charge in [-0.2, -0.15) is 0 Å². The molecule has 3 aromatic carbocycles. The summed E-state index contributed by atoms with van der Waals surface area (Å²) in [5.74, 6) is 0.949. The molecule has 0 radical (unpaired) electrons. The van der Waals surface area contributed by atoms with E-state index >= 15 is 0 Å².